The first-order valence-electron chi connectivity index (χ1n) is 8.51. The van der Waals surface area contributed by atoms with Crippen molar-refractivity contribution in [3.8, 4) is 0 Å². The Balaban J connectivity index is 2.10. The summed E-state index contributed by atoms with van der Waals surface area (Å²) in [5.41, 5.74) is 0. The molecule has 3 rings (SSSR count). The first-order chi connectivity index (χ1) is 13.4. The normalized spacial score (nSPS) is 30.1. The van der Waals surface area contributed by atoms with Crippen LogP contribution in [0.1, 0.15) is 31.9 Å². The number of fused-ring (bicyclic) bond motifs is 1. The summed E-state index contributed by atoms with van der Waals surface area (Å²) in [5, 5.41) is 0.439. The molecule has 0 bridgehead atoms. The van der Waals surface area contributed by atoms with E-state index in [4.69, 9.17) is 9.47 Å². The van der Waals surface area contributed by atoms with Gasteiger partial charge in [-0.2, -0.15) is 0 Å². The lowest BCUT2D eigenvalue weighted by molar-refractivity contribution is -0.172. The van der Waals surface area contributed by atoms with Crippen LogP contribution in [0.3, 0.4) is 0 Å². The molecule has 2 aliphatic heterocycles. The summed E-state index contributed by atoms with van der Waals surface area (Å²) in [4.78, 5) is 42.6. The van der Waals surface area contributed by atoms with Crippen LogP contribution in [0.25, 0.3) is 0 Å². The molecule has 3 heterocycles. The van der Waals surface area contributed by atoms with Gasteiger partial charge in [0.2, 0.25) is 5.91 Å². The number of thiazole rings is 1. The molecule has 0 N–H and O–H groups in total. The summed E-state index contributed by atoms with van der Waals surface area (Å²) in [6.07, 6.45) is 1.52. The number of alkyl halides is 1. The van der Waals surface area contributed by atoms with E-state index in [-0.39, 0.29) is 11.6 Å². The second kappa shape index (κ2) is 7.17. The van der Waals surface area contributed by atoms with Gasteiger partial charge in [-0.05, 0) is 13.8 Å². The van der Waals surface area contributed by atoms with Gasteiger partial charge in [-0.1, -0.05) is 28.6 Å². The maximum absolute atomic E-state index is 13.4. The van der Waals surface area contributed by atoms with Crippen molar-refractivity contribution in [1.29, 1.82) is 0 Å². The van der Waals surface area contributed by atoms with E-state index in [2.05, 4.69) is 27.5 Å². The lowest BCUT2D eigenvalue weighted by atomic mass is 9.87. The third kappa shape index (κ3) is 2.95. The number of rotatable bonds is 6. The van der Waals surface area contributed by atoms with Gasteiger partial charge < -0.3 is 14.4 Å². The molecule has 1 amide bonds. The molecule has 1 unspecified atom stereocenters. The highest BCUT2D eigenvalue weighted by Crippen LogP contribution is 2.59. The Morgan fingerprint density at radius 3 is 2.66 bits per heavy atom. The number of nitrogens with zero attached hydrogens (tertiary/aromatic N) is 2. The summed E-state index contributed by atoms with van der Waals surface area (Å²) in [5.74, 6) is -2.24. The van der Waals surface area contributed by atoms with Crippen LogP contribution in [0.4, 0.5) is 0 Å². The summed E-state index contributed by atoms with van der Waals surface area (Å²) in [7, 11) is -4.08. The molecule has 2 fully saturated rings. The standard InChI is InChI=1S/C17H19BrN2O7S2/c1-5-7-26-13(22)10-16(3,4)29(24,25)15-17(18,14(23)20(10)15)11(27-9(2)21)12-19-6-8-28-12/h5-6,8,10-11,15H,1,7H2,2-4H3/t10-,11?,15+,17-/m0/s1. The van der Waals surface area contributed by atoms with Gasteiger partial charge in [-0.25, -0.2) is 18.2 Å². The molecular formula is C17H19BrN2O7S2. The maximum atomic E-state index is 13.4. The van der Waals surface area contributed by atoms with Gasteiger partial charge in [0.05, 0.1) is 0 Å². The van der Waals surface area contributed by atoms with E-state index in [9.17, 15) is 22.8 Å². The molecule has 12 heteroatoms. The van der Waals surface area contributed by atoms with Crippen molar-refractivity contribution in [3.63, 3.8) is 0 Å². The Kier molecular flexibility index (Phi) is 5.41. The molecule has 2 saturated heterocycles. The number of esters is 2. The first kappa shape index (κ1) is 21.9. The Morgan fingerprint density at radius 2 is 2.14 bits per heavy atom. The Hall–Kier alpha value is -1.79. The van der Waals surface area contributed by atoms with Crippen molar-refractivity contribution >= 4 is 54.9 Å². The van der Waals surface area contributed by atoms with Crippen LogP contribution in [0.15, 0.2) is 24.2 Å². The topological polar surface area (TPSA) is 120 Å². The number of carbonyl (C=O) groups excluding carboxylic acids is 3. The van der Waals surface area contributed by atoms with E-state index >= 15 is 0 Å². The van der Waals surface area contributed by atoms with Gasteiger partial charge >= 0.3 is 11.9 Å². The fourth-order valence-electron chi connectivity index (χ4n) is 3.66. The molecule has 0 spiro atoms. The molecule has 29 heavy (non-hydrogen) atoms. The molecule has 2 aliphatic rings. The summed E-state index contributed by atoms with van der Waals surface area (Å²) in [6.45, 7) is 7.22. The second-order valence-corrected chi connectivity index (χ2v) is 12.0. The van der Waals surface area contributed by atoms with Crippen molar-refractivity contribution in [3.05, 3.63) is 29.2 Å². The summed E-state index contributed by atoms with van der Waals surface area (Å²) in [6, 6.07) is -1.34. The highest BCUT2D eigenvalue weighted by molar-refractivity contribution is 9.10. The molecule has 0 aromatic carbocycles. The largest absolute Gasteiger partial charge is 0.460 e. The zero-order chi connectivity index (χ0) is 21.8. The monoisotopic (exact) mass is 506 g/mol. The van der Waals surface area contributed by atoms with E-state index in [1.165, 1.54) is 26.1 Å². The van der Waals surface area contributed by atoms with Crippen molar-refractivity contribution in [1.82, 2.24) is 9.88 Å². The predicted octanol–water partition coefficient (Wildman–Crippen LogP) is 1.35. The van der Waals surface area contributed by atoms with Gasteiger partial charge in [0, 0.05) is 18.5 Å². The van der Waals surface area contributed by atoms with Crippen molar-refractivity contribution in [2.45, 2.75) is 47.4 Å². The molecular weight excluding hydrogens is 488 g/mol. The summed E-state index contributed by atoms with van der Waals surface area (Å²) < 4.78 is 33.7. The number of β-lactam (4-membered cyclic amide) rings is 1. The predicted molar refractivity (Wildman–Crippen MR) is 107 cm³/mol. The SMILES string of the molecule is C=CCOC(=O)[C@@H]1N2C(=O)[C@@](Br)(C(OC(C)=O)c3nccs3)[C@H]2S(=O)(=O)C1(C)C. The summed E-state index contributed by atoms with van der Waals surface area (Å²) >= 11 is 4.38. The third-order valence-electron chi connectivity index (χ3n) is 5.05. The third-order valence-corrected chi connectivity index (χ3v) is 10.2. The van der Waals surface area contributed by atoms with Crippen LogP contribution < -0.4 is 0 Å². The molecule has 0 saturated carbocycles. The zero-order valence-electron chi connectivity index (χ0n) is 15.8. The minimum Gasteiger partial charge on any atom is -0.460 e. The van der Waals surface area contributed by atoms with Crippen LogP contribution >= 0.6 is 27.3 Å². The highest BCUT2D eigenvalue weighted by atomic mass is 79.9. The molecule has 0 aliphatic carbocycles. The van der Waals surface area contributed by atoms with Gasteiger partial charge in [0.15, 0.2) is 25.6 Å². The van der Waals surface area contributed by atoms with Crippen LogP contribution in [-0.4, -0.2) is 63.2 Å². The average molecular weight is 507 g/mol. The molecule has 1 aromatic rings. The van der Waals surface area contributed by atoms with Crippen LogP contribution in [0.2, 0.25) is 0 Å². The van der Waals surface area contributed by atoms with E-state index in [1.54, 1.807) is 5.38 Å². The van der Waals surface area contributed by atoms with Gasteiger partial charge in [-0.3, -0.25) is 9.59 Å². The molecule has 0 radical (unpaired) electrons. The average Bonchev–Trinajstić information content (AvgIpc) is 3.20. The minimum absolute atomic E-state index is 0.118. The first-order valence-corrected chi connectivity index (χ1v) is 11.7. The number of ether oxygens (including phenoxy) is 2. The van der Waals surface area contributed by atoms with Gasteiger partial charge in [0.25, 0.3) is 0 Å². The Morgan fingerprint density at radius 1 is 1.48 bits per heavy atom. The number of halogens is 1. The number of amides is 1. The second-order valence-electron chi connectivity index (χ2n) is 7.16. The number of aromatic nitrogens is 1. The molecule has 9 nitrogen and oxygen atoms in total. The molecule has 4 atom stereocenters. The van der Waals surface area contributed by atoms with Gasteiger partial charge in [0.1, 0.15) is 22.4 Å². The lowest BCUT2D eigenvalue weighted by Crippen LogP contribution is -2.74. The molecule has 1 aromatic heterocycles. The van der Waals surface area contributed by atoms with Crippen molar-refractivity contribution in [2.75, 3.05) is 6.61 Å². The molecule has 158 valence electrons. The fraction of sp³-hybridized carbons (Fsp3) is 0.529. The fourth-order valence-corrected chi connectivity index (χ4v) is 8.31. The van der Waals surface area contributed by atoms with E-state index in [1.807, 2.05) is 0 Å². The minimum atomic E-state index is -4.08. The van der Waals surface area contributed by atoms with Crippen molar-refractivity contribution in [2.24, 2.45) is 0 Å². The smallest absolute Gasteiger partial charge is 0.330 e. The number of hydrogen-bond donors (Lipinski definition) is 0. The maximum Gasteiger partial charge on any atom is 0.330 e. The van der Waals surface area contributed by atoms with Gasteiger partial charge in [-0.15, -0.1) is 11.3 Å². The number of carbonyl (C=O) groups is 3. The van der Waals surface area contributed by atoms with Crippen LogP contribution in [-0.2, 0) is 33.7 Å². The van der Waals surface area contributed by atoms with Crippen LogP contribution in [0, 0.1) is 0 Å². The highest BCUT2D eigenvalue weighted by Gasteiger charge is 2.80. The van der Waals surface area contributed by atoms with E-state index in [0.29, 0.717) is 0 Å². The Bertz CT molecular complexity index is 976. The zero-order valence-corrected chi connectivity index (χ0v) is 19.0. The number of hydrogen-bond acceptors (Lipinski definition) is 9. The lowest BCUT2D eigenvalue weighted by Gasteiger charge is -2.51. The Labute approximate surface area is 180 Å². The number of sulfone groups is 1. The van der Waals surface area contributed by atoms with Crippen LogP contribution in [0.5, 0.6) is 0 Å². The quantitative estimate of drug-likeness (QED) is 0.245. The van der Waals surface area contributed by atoms with E-state index in [0.717, 1.165) is 23.2 Å². The van der Waals surface area contributed by atoms with E-state index < -0.39 is 54.3 Å². The van der Waals surface area contributed by atoms with Crippen molar-refractivity contribution < 1.29 is 32.3 Å².